The van der Waals surface area contributed by atoms with E-state index in [1.165, 1.54) is 19.3 Å². The van der Waals surface area contributed by atoms with Crippen LogP contribution in [-0.4, -0.2) is 37.2 Å². The summed E-state index contributed by atoms with van der Waals surface area (Å²) in [4.78, 5) is 2.82. The molecule has 1 aromatic rings. The van der Waals surface area contributed by atoms with Gasteiger partial charge in [-0.05, 0) is 44.1 Å². The Kier molecular flexibility index (Phi) is 5.20. The molecule has 0 aliphatic carbocycles. The molecule has 0 amide bonds. The first-order valence-electron chi connectivity index (χ1n) is 6.92. The molecule has 2 N–H and O–H groups in total. The Balaban J connectivity index is 2.39. The molecule has 1 atom stereocenters. The minimum atomic E-state index is -0.0876. The third kappa shape index (κ3) is 3.22. The summed E-state index contributed by atoms with van der Waals surface area (Å²) in [6, 6.07) is 5.67. The van der Waals surface area contributed by atoms with Crippen LogP contribution in [0.3, 0.4) is 0 Å². The third-order valence-electron chi connectivity index (χ3n) is 3.76. The Morgan fingerprint density at radius 1 is 1.20 bits per heavy atom. The second-order valence-corrected chi connectivity index (χ2v) is 5.48. The summed E-state index contributed by atoms with van der Waals surface area (Å²) < 4.78 is 10.8. The van der Waals surface area contributed by atoms with Crippen LogP contribution in [0.5, 0.6) is 11.5 Å². The number of thiocarbonyl (C=S) groups is 1. The molecule has 4 nitrogen and oxygen atoms in total. The van der Waals surface area contributed by atoms with Gasteiger partial charge in [-0.1, -0.05) is 18.6 Å². The van der Waals surface area contributed by atoms with E-state index in [9.17, 15) is 0 Å². The maximum absolute atomic E-state index is 6.01. The number of piperidine rings is 1. The molecule has 1 aliphatic rings. The number of nitrogens with zero attached hydrogens (tertiary/aromatic N) is 1. The summed E-state index contributed by atoms with van der Waals surface area (Å²) in [7, 11) is 3.32. The number of ether oxygens (including phenoxy) is 2. The van der Waals surface area contributed by atoms with E-state index in [4.69, 9.17) is 27.4 Å². The molecule has 0 bridgehead atoms. The topological polar surface area (TPSA) is 47.7 Å². The highest BCUT2D eigenvalue weighted by molar-refractivity contribution is 7.80. The zero-order valence-corrected chi connectivity index (χ0v) is 12.9. The summed E-state index contributed by atoms with van der Waals surface area (Å²) in [6.07, 6.45) is 3.65. The van der Waals surface area contributed by atoms with Crippen LogP contribution in [0.2, 0.25) is 0 Å². The van der Waals surface area contributed by atoms with Gasteiger partial charge in [-0.2, -0.15) is 0 Å². The average Bonchev–Trinajstić information content (AvgIpc) is 2.48. The molecule has 0 radical (unpaired) electrons. The summed E-state index contributed by atoms with van der Waals surface area (Å²) in [6.45, 7) is 2.03. The number of hydrogen-bond donors (Lipinski definition) is 1. The molecule has 1 heterocycles. The molecule has 1 fully saturated rings. The van der Waals surface area contributed by atoms with Crippen molar-refractivity contribution in [1.82, 2.24) is 4.90 Å². The van der Waals surface area contributed by atoms with Gasteiger partial charge in [0.25, 0.3) is 0 Å². The van der Waals surface area contributed by atoms with E-state index in [-0.39, 0.29) is 6.04 Å². The van der Waals surface area contributed by atoms with Crippen LogP contribution in [0.25, 0.3) is 0 Å². The molecule has 20 heavy (non-hydrogen) atoms. The van der Waals surface area contributed by atoms with Gasteiger partial charge in [0, 0.05) is 5.56 Å². The summed E-state index contributed by atoms with van der Waals surface area (Å²) in [5.41, 5.74) is 7.00. The van der Waals surface area contributed by atoms with Crippen LogP contribution in [0, 0.1) is 0 Å². The second-order valence-electron chi connectivity index (χ2n) is 5.01. The minimum absolute atomic E-state index is 0.0876. The monoisotopic (exact) mass is 294 g/mol. The lowest BCUT2D eigenvalue weighted by atomic mass is 10.0. The zero-order valence-electron chi connectivity index (χ0n) is 12.1. The van der Waals surface area contributed by atoms with E-state index in [1.54, 1.807) is 14.2 Å². The van der Waals surface area contributed by atoms with Gasteiger partial charge in [0.15, 0.2) is 0 Å². The van der Waals surface area contributed by atoms with Crippen molar-refractivity contribution < 1.29 is 9.47 Å². The number of rotatable bonds is 5. The van der Waals surface area contributed by atoms with Crippen molar-refractivity contribution in [2.75, 3.05) is 27.3 Å². The largest absolute Gasteiger partial charge is 0.497 e. The molecule has 0 aromatic heterocycles. The molecule has 1 saturated heterocycles. The standard InChI is InChI=1S/C15H22N2O2S/c1-18-11-6-7-13(19-2)12(10-11)14(15(16)20)17-8-4-3-5-9-17/h6-7,10,14H,3-5,8-9H2,1-2H3,(H2,16,20). The van der Waals surface area contributed by atoms with Gasteiger partial charge in [-0.25, -0.2) is 0 Å². The van der Waals surface area contributed by atoms with Crippen molar-refractivity contribution in [3.05, 3.63) is 23.8 Å². The predicted octanol–water partition coefficient (Wildman–Crippen LogP) is 2.52. The van der Waals surface area contributed by atoms with Gasteiger partial charge in [-0.3, -0.25) is 4.90 Å². The predicted molar refractivity (Wildman–Crippen MR) is 84.5 cm³/mol. The van der Waals surface area contributed by atoms with Gasteiger partial charge in [0.05, 0.1) is 25.2 Å². The Hall–Kier alpha value is -1.33. The fourth-order valence-electron chi connectivity index (χ4n) is 2.76. The van der Waals surface area contributed by atoms with Crippen molar-refractivity contribution >= 4 is 17.2 Å². The number of hydrogen-bond acceptors (Lipinski definition) is 4. The SMILES string of the molecule is COc1ccc(OC)c(C(C(N)=S)N2CCCCC2)c1. The molecular formula is C15H22N2O2S. The Morgan fingerprint density at radius 2 is 1.90 bits per heavy atom. The molecule has 1 aliphatic heterocycles. The number of nitrogens with two attached hydrogens (primary N) is 1. The lowest BCUT2D eigenvalue weighted by Gasteiger charge is -2.34. The van der Waals surface area contributed by atoms with Gasteiger partial charge < -0.3 is 15.2 Å². The first kappa shape index (κ1) is 15.1. The molecular weight excluding hydrogens is 272 g/mol. The highest BCUT2D eigenvalue weighted by Gasteiger charge is 2.27. The van der Waals surface area contributed by atoms with Crippen LogP contribution in [0.15, 0.2) is 18.2 Å². The van der Waals surface area contributed by atoms with Crippen LogP contribution in [0.1, 0.15) is 30.9 Å². The lowest BCUT2D eigenvalue weighted by molar-refractivity contribution is 0.200. The van der Waals surface area contributed by atoms with E-state index >= 15 is 0 Å². The molecule has 2 rings (SSSR count). The van der Waals surface area contributed by atoms with Crippen molar-refractivity contribution in [2.45, 2.75) is 25.3 Å². The number of benzene rings is 1. The van der Waals surface area contributed by atoms with Crippen LogP contribution in [0.4, 0.5) is 0 Å². The van der Waals surface area contributed by atoms with Crippen molar-refractivity contribution in [3.63, 3.8) is 0 Å². The average molecular weight is 294 g/mol. The maximum Gasteiger partial charge on any atom is 0.124 e. The maximum atomic E-state index is 6.01. The van der Waals surface area contributed by atoms with Crippen LogP contribution < -0.4 is 15.2 Å². The lowest BCUT2D eigenvalue weighted by Crippen LogP contribution is -2.40. The quantitative estimate of drug-likeness (QED) is 0.846. The molecule has 0 saturated carbocycles. The van der Waals surface area contributed by atoms with Gasteiger partial charge in [0.2, 0.25) is 0 Å². The van der Waals surface area contributed by atoms with Gasteiger partial charge >= 0.3 is 0 Å². The zero-order chi connectivity index (χ0) is 14.5. The van der Waals surface area contributed by atoms with E-state index in [0.717, 1.165) is 30.2 Å². The number of methoxy groups -OCH3 is 2. The van der Waals surface area contributed by atoms with E-state index in [1.807, 2.05) is 18.2 Å². The Bertz CT molecular complexity index is 473. The van der Waals surface area contributed by atoms with Crippen molar-refractivity contribution in [2.24, 2.45) is 5.73 Å². The minimum Gasteiger partial charge on any atom is -0.497 e. The highest BCUT2D eigenvalue weighted by atomic mass is 32.1. The van der Waals surface area contributed by atoms with E-state index < -0.39 is 0 Å². The normalized spacial score (nSPS) is 17.5. The second kappa shape index (κ2) is 6.90. The fourth-order valence-corrected chi connectivity index (χ4v) is 3.04. The summed E-state index contributed by atoms with van der Waals surface area (Å²) >= 11 is 5.31. The smallest absolute Gasteiger partial charge is 0.124 e. The molecule has 0 spiro atoms. The molecule has 1 unspecified atom stereocenters. The van der Waals surface area contributed by atoms with E-state index in [2.05, 4.69) is 4.90 Å². The Morgan fingerprint density at radius 3 is 2.45 bits per heavy atom. The summed E-state index contributed by atoms with van der Waals surface area (Å²) in [5, 5.41) is 0. The third-order valence-corrected chi connectivity index (χ3v) is 3.98. The van der Waals surface area contributed by atoms with E-state index in [0.29, 0.717) is 4.99 Å². The molecule has 1 aromatic carbocycles. The van der Waals surface area contributed by atoms with Gasteiger partial charge in [0.1, 0.15) is 11.5 Å². The van der Waals surface area contributed by atoms with Crippen LogP contribution in [-0.2, 0) is 0 Å². The van der Waals surface area contributed by atoms with Crippen LogP contribution >= 0.6 is 12.2 Å². The first-order valence-corrected chi connectivity index (χ1v) is 7.33. The van der Waals surface area contributed by atoms with Gasteiger partial charge in [-0.15, -0.1) is 0 Å². The molecule has 110 valence electrons. The van der Waals surface area contributed by atoms with Crippen molar-refractivity contribution in [3.8, 4) is 11.5 Å². The van der Waals surface area contributed by atoms with Crippen molar-refractivity contribution in [1.29, 1.82) is 0 Å². The fraction of sp³-hybridized carbons (Fsp3) is 0.533. The number of likely N-dealkylation sites (tertiary alicyclic amines) is 1. The molecule has 5 heteroatoms. The summed E-state index contributed by atoms with van der Waals surface area (Å²) in [5.74, 6) is 1.59. The first-order chi connectivity index (χ1) is 9.67. The highest BCUT2D eigenvalue weighted by Crippen LogP contribution is 2.34. The Labute approximate surface area is 125 Å².